The number of benzene rings is 2. The van der Waals surface area contributed by atoms with Crippen LogP contribution in [0.5, 0.6) is 5.75 Å². The number of anilines is 1. The Morgan fingerprint density at radius 2 is 1.71 bits per heavy atom. The number of nitrogens with zero attached hydrogens (tertiary/aromatic N) is 3. The Hall–Kier alpha value is -1.31. The summed E-state index contributed by atoms with van der Waals surface area (Å²) >= 11 is 1.83. The molecule has 8 heteroatoms. The number of hydrogen-bond donors (Lipinski definition) is 2. The molecule has 0 amide bonds. The first-order valence-electron chi connectivity index (χ1n) is 12.4. The average Bonchev–Trinajstić information content (AvgIpc) is 3.18. The van der Waals surface area contributed by atoms with Gasteiger partial charge in [0.15, 0.2) is 5.52 Å². The topological polar surface area (TPSA) is 42.6 Å². The molecule has 1 saturated carbocycles. The van der Waals surface area contributed by atoms with E-state index in [1.54, 1.807) is 0 Å². The van der Waals surface area contributed by atoms with Crippen LogP contribution in [0, 0.1) is 6.92 Å². The van der Waals surface area contributed by atoms with Crippen LogP contribution in [-0.4, -0.2) is 60.7 Å². The predicted molar refractivity (Wildman–Crippen MR) is 149 cm³/mol. The summed E-state index contributed by atoms with van der Waals surface area (Å²) < 4.78 is 3.75. The molecule has 1 saturated heterocycles. The van der Waals surface area contributed by atoms with Crippen molar-refractivity contribution in [2.24, 2.45) is 0 Å². The van der Waals surface area contributed by atoms with Gasteiger partial charge in [0.05, 0.1) is 17.3 Å². The zero-order valence-electron chi connectivity index (χ0n) is 20.4. The van der Waals surface area contributed by atoms with Crippen LogP contribution in [0.2, 0.25) is 0 Å². The van der Waals surface area contributed by atoms with Gasteiger partial charge in [0, 0.05) is 49.1 Å². The number of fused-ring (bicyclic) bond motifs is 3. The molecule has 2 fully saturated rings. The molecule has 1 aliphatic heterocycles. The van der Waals surface area contributed by atoms with E-state index in [9.17, 15) is 5.11 Å². The molecule has 0 unspecified atom stereocenters. The zero-order chi connectivity index (χ0) is 22.1. The minimum atomic E-state index is 0. The lowest BCUT2D eigenvalue weighted by Crippen LogP contribution is -3.00. The second-order valence-electron chi connectivity index (χ2n) is 9.73. The van der Waals surface area contributed by atoms with Gasteiger partial charge in [-0.1, -0.05) is 32.0 Å². The van der Waals surface area contributed by atoms with E-state index in [-0.39, 0.29) is 32.2 Å². The minimum absolute atomic E-state index is 0. The highest BCUT2D eigenvalue weighted by molar-refractivity contribution is 7.22. The van der Waals surface area contributed by atoms with Crippen LogP contribution in [0.25, 0.3) is 21.0 Å². The number of rotatable bonds is 6. The van der Waals surface area contributed by atoms with Crippen LogP contribution in [-0.2, 0) is 6.54 Å². The fourth-order valence-corrected chi connectivity index (χ4v) is 6.70. The predicted octanol–water partition coefficient (Wildman–Crippen LogP) is 2.80. The van der Waals surface area contributed by atoms with Crippen LogP contribution in [0.3, 0.4) is 0 Å². The molecule has 35 heavy (non-hydrogen) atoms. The Balaban J connectivity index is 0.00000144. The number of nitrogens with one attached hydrogen (secondary N) is 1. The molecule has 2 aromatic carbocycles. The highest BCUT2D eigenvalue weighted by atomic mass is 35.5. The van der Waals surface area contributed by atoms with Crippen molar-refractivity contribution in [3.8, 4) is 5.75 Å². The summed E-state index contributed by atoms with van der Waals surface area (Å²) in [5.74, 6) is 0.433. The van der Waals surface area contributed by atoms with Crippen molar-refractivity contribution in [2.75, 3.05) is 45.1 Å². The Labute approximate surface area is 227 Å². The molecule has 2 aliphatic rings. The molecular formula is C27H42Cl2N4OS. The maximum atomic E-state index is 10.9. The number of thiazole rings is 1. The van der Waals surface area contributed by atoms with Gasteiger partial charge in [-0.3, -0.25) is 5.32 Å². The number of phenols is 1. The number of likely N-dealkylation sites (N-methyl/N-ethyl adjacent to an activating group) is 1. The van der Waals surface area contributed by atoms with E-state index in [0.717, 1.165) is 35.8 Å². The number of hydrogen-bond acceptors (Lipinski definition) is 5. The third-order valence-electron chi connectivity index (χ3n) is 7.45. The molecule has 0 atom stereocenters. The summed E-state index contributed by atoms with van der Waals surface area (Å²) in [6.07, 6.45) is 7.70. The third-order valence-corrected chi connectivity index (χ3v) is 8.68. The van der Waals surface area contributed by atoms with E-state index in [4.69, 9.17) is 0 Å². The number of piperazine rings is 1. The standard InChI is InChI=1S/C26H36N4OS.CH4.2ClH/c1-19-24(31)22-12-7-6-11-21(22)23-25(19)32-26(27-20-9-4-3-5-10-20)30(23)14-8-13-29-17-15-28(2)16-18-29;;;/h6-7,11-12,20,31H,3-5,8-10,13-18H2,1-2H3;1H4;2*1H. The highest BCUT2D eigenvalue weighted by Crippen LogP contribution is 2.40. The lowest BCUT2D eigenvalue weighted by molar-refractivity contribution is -0.653. The van der Waals surface area contributed by atoms with Gasteiger partial charge in [-0.25, -0.2) is 4.57 Å². The lowest BCUT2D eigenvalue weighted by Gasteiger charge is -2.32. The summed E-state index contributed by atoms with van der Waals surface area (Å²) in [7, 11) is 2.22. The Bertz CT molecular complexity index is 1090. The van der Waals surface area contributed by atoms with Crippen molar-refractivity contribution in [3.63, 3.8) is 0 Å². The van der Waals surface area contributed by atoms with Crippen LogP contribution in [0.15, 0.2) is 24.3 Å². The van der Waals surface area contributed by atoms with Gasteiger partial charge in [0.2, 0.25) is 0 Å². The van der Waals surface area contributed by atoms with Crippen molar-refractivity contribution >= 4 is 49.9 Å². The molecule has 2 heterocycles. The Morgan fingerprint density at radius 1 is 1.06 bits per heavy atom. The van der Waals surface area contributed by atoms with Gasteiger partial charge < -0.3 is 27.3 Å². The van der Waals surface area contributed by atoms with E-state index >= 15 is 0 Å². The van der Waals surface area contributed by atoms with Gasteiger partial charge in [-0.05, 0) is 63.5 Å². The quantitative estimate of drug-likeness (QED) is 0.472. The summed E-state index contributed by atoms with van der Waals surface area (Å²) in [6, 6.07) is 8.92. The second-order valence-corrected chi connectivity index (χ2v) is 10.7. The number of halogens is 2. The van der Waals surface area contributed by atoms with E-state index in [1.807, 2.05) is 17.4 Å². The largest absolute Gasteiger partial charge is 1.00 e. The monoisotopic (exact) mass is 540 g/mol. The van der Waals surface area contributed by atoms with Crippen molar-refractivity contribution in [1.82, 2.24) is 9.80 Å². The Kier molecular flexibility index (Phi) is 11.4. The van der Waals surface area contributed by atoms with Gasteiger partial charge in [0.1, 0.15) is 5.75 Å². The molecule has 0 radical (unpaired) electrons. The molecular weight excluding hydrogens is 499 g/mol. The summed E-state index contributed by atoms with van der Waals surface area (Å²) in [5, 5.41) is 18.2. The summed E-state index contributed by atoms with van der Waals surface area (Å²) in [5.41, 5.74) is 2.30. The molecule has 0 bridgehead atoms. The molecule has 1 aromatic heterocycles. The third kappa shape index (κ3) is 6.34. The molecule has 2 N–H and O–H groups in total. The lowest BCUT2D eigenvalue weighted by atomic mass is 9.96. The normalized spacial score (nSPS) is 17.5. The molecule has 5 rings (SSSR count). The molecule has 0 spiro atoms. The van der Waals surface area contributed by atoms with Crippen LogP contribution in [0.1, 0.15) is 51.5 Å². The Morgan fingerprint density at radius 3 is 2.40 bits per heavy atom. The van der Waals surface area contributed by atoms with E-state index in [0.29, 0.717) is 11.8 Å². The average molecular weight is 542 g/mol. The van der Waals surface area contributed by atoms with Gasteiger partial charge in [-0.15, -0.1) is 12.4 Å². The first kappa shape index (κ1) is 29.9. The van der Waals surface area contributed by atoms with Crippen LogP contribution in [0.4, 0.5) is 5.13 Å². The highest BCUT2D eigenvalue weighted by Gasteiger charge is 2.27. The van der Waals surface area contributed by atoms with Crippen molar-refractivity contribution in [2.45, 2.75) is 65.5 Å². The molecule has 196 valence electrons. The second kappa shape index (κ2) is 13.3. The molecule has 3 aromatic rings. The van der Waals surface area contributed by atoms with Crippen LogP contribution < -0.4 is 22.3 Å². The number of aromatic nitrogens is 1. The fourth-order valence-electron chi connectivity index (χ4n) is 5.42. The molecule has 1 aliphatic carbocycles. The van der Waals surface area contributed by atoms with Crippen molar-refractivity contribution < 1.29 is 22.1 Å². The SMILES string of the molecule is C.Cc1c(O)c2ccccc2c2c1sc(NC1CCCCC1)[n+]2CCCN1CCN(C)CC1.Cl.[Cl-]. The van der Waals surface area contributed by atoms with Gasteiger partial charge >= 0.3 is 5.13 Å². The maximum absolute atomic E-state index is 10.9. The van der Waals surface area contributed by atoms with Crippen LogP contribution >= 0.6 is 23.7 Å². The zero-order valence-corrected chi connectivity index (χ0v) is 22.7. The summed E-state index contributed by atoms with van der Waals surface area (Å²) in [6.45, 7) is 8.92. The van der Waals surface area contributed by atoms with Crippen molar-refractivity contribution in [1.29, 1.82) is 0 Å². The number of phenolic OH excluding ortho intramolecular Hbond substituents is 1. The van der Waals surface area contributed by atoms with E-state index in [1.165, 1.54) is 73.6 Å². The molecule has 5 nitrogen and oxygen atoms in total. The first-order valence-corrected chi connectivity index (χ1v) is 13.2. The summed E-state index contributed by atoms with van der Waals surface area (Å²) in [4.78, 5) is 5.03. The fraction of sp³-hybridized carbons (Fsp3) is 0.593. The van der Waals surface area contributed by atoms with Gasteiger partial charge in [-0.2, -0.15) is 0 Å². The smallest absolute Gasteiger partial charge is 0.335 e. The van der Waals surface area contributed by atoms with E-state index in [2.05, 4.69) is 51.9 Å². The van der Waals surface area contributed by atoms with E-state index < -0.39 is 0 Å². The minimum Gasteiger partial charge on any atom is -1.00 e. The van der Waals surface area contributed by atoms with Gasteiger partial charge in [0.25, 0.3) is 0 Å². The first-order chi connectivity index (χ1) is 15.6. The number of aryl methyl sites for hydroxylation is 2. The number of aromatic hydroxyl groups is 1. The maximum Gasteiger partial charge on any atom is 0.335 e. The van der Waals surface area contributed by atoms with Crippen molar-refractivity contribution in [3.05, 3.63) is 29.8 Å².